The van der Waals surface area contributed by atoms with Gasteiger partial charge in [-0.25, -0.2) is 19.2 Å². The molecule has 0 saturated heterocycles. The van der Waals surface area contributed by atoms with Gasteiger partial charge >= 0.3 is 53.7 Å². The lowest BCUT2D eigenvalue weighted by molar-refractivity contribution is -0.260. The van der Waals surface area contributed by atoms with E-state index in [0.717, 1.165) is 125 Å². The van der Waals surface area contributed by atoms with E-state index in [4.69, 9.17) is 38.3 Å². The molecule has 32 atom stereocenters. The number of ether oxygens (including phenoxy) is 7. The van der Waals surface area contributed by atoms with E-state index in [1.165, 1.54) is 13.8 Å². The number of carboxylic acid groups (broad SMARTS) is 2. The Labute approximate surface area is 749 Å². The first-order valence-corrected chi connectivity index (χ1v) is 48.5. The summed E-state index contributed by atoms with van der Waals surface area (Å²) in [5.74, 6) is -3.62. The molecule has 20 aliphatic rings. The fourth-order valence-electron chi connectivity index (χ4n) is 34.7. The third-order valence-electron chi connectivity index (χ3n) is 41.0. The summed E-state index contributed by atoms with van der Waals surface area (Å²) in [7, 11) is 0. The number of carbonyl (C=O) groups is 11. The van der Waals surface area contributed by atoms with E-state index in [0.29, 0.717) is 140 Å². The number of fused-ring (bicyclic) bond motifs is 20. The van der Waals surface area contributed by atoms with Crippen LogP contribution in [0.4, 0.5) is 0 Å². The molecule has 0 aromatic heterocycles. The number of aliphatic hydroxyl groups excluding tert-OH is 1. The highest BCUT2D eigenvalue weighted by Gasteiger charge is 2.78. The minimum Gasteiger partial charge on any atom is -0.481 e. The van der Waals surface area contributed by atoms with Crippen LogP contribution in [0.5, 0.6) is 0 Å². The lowest BCUT2D eigenvalue weighted by Gasteiger charge is -2.65. The molecule has 0 aromatic rings. The van der Waals surface area contributed by atoms with Crippen LogP contribution in [0.2, 0.25) is 0 Å². The third-order valence-corrected chi connectivity index (χ3v) is 41.0. The van der Waals surface area contributed by atoms with Crippen molar-refractivity contribution < 1.29 is 137 Å². The van der Waals surface area contributed by atoms with Gasteiger partial charge in [-0.2, -0.15) is 0 Å². The van der Waals surface area contributed by atoms with Crippen molar-refractivity contribution in [1.29, 1.82) is 0 Å². The Hall–Kier alpha value is -6.79. The monoisotopic (exact) mass is 1790 g/mol. The van der Waals surface area contributed by atoms with E-state index >= 15 is 0 Å². The summed E-state index contributed by atoms with van der Waals surface area (Å²) in [6.07, 6.45) is 29.1. The largest absolute Gasteiger partial charge is 0.481 e. The highest BCUT2D eigenvalue weighted by molar-refractivity contribution is 5.87. The van der Waals surface area contributed by atoms with Crippen LogP contribution in [-0.2, 0) is 85.9 Å². The molecule has 10 N–H and O–H groups in total. The molecule has 24 unspecified atom stereocenters. The molecule has 28 nitrogen and oxygen atoms in total. The van der Waals surface area contributed by atoms with E-state index in [2.05, 4.69) is 34.6 Å². The van der Waals surface area contributed by atoms with Gasteiger partial charge in [0, 0.05) is 79.1 Å². The quantitative estimate of drug-likeness (QED) is 0.0465. The Morgan fingerprint density at radius 1 is 0.375 bits per heavy atom. The van der Waals surface area contributed by atoms with Gasteiger partial charge in [0.05, 0.1) is 74.4 Å². The molecule has 0 spiro atoms. The second-order valence-electron chi connectivity index (χ2n) is 45.3. The number of aldehydes is 2. The molecule has 128 heavy (non-hydrogen) atoms. The van der Waals surface area contributed by atoms with Crippen molar-refractivity contribution in [2.75, 3.05) is 26.4 Å². The minimum atomic E-state index is -1.44. The van der Waals surface area contributed by atoms with E-state index < -0.39 is 96.4 Å². The van der Waals surface area contributed by atoms with Crippen molar-refractivity contribution in [3.8, 4) is 0 Å². The number of esters is 7. The van der Waals surface area contributed by atoms with Gasteiger partial charge in [0.15, 0.2) is 0 Å². The van der Waals surface area contributed by atoms with Crippen LogP contribution >= 0.6 is 0 Å². The number of rotatable bonds is 13. The van der Waals surface area contributed by atoms with Gasteiger partial charge < -0.3 is 93.8 Å². The van der Waals surface area contributed by atoms with Crippen LogP contribution in [0.25, 0.3) is 0 Å². The summed E-state index contributed by atoms with van der Waals surface area (Å²) in [6, 6.07) is 0. The number of hydrogen-bond donors (Lipinski definition) is 10. The number of carboxylic acids is 2. The summed E-state index contributed by atoms with van der Waals surface area (Å²) in [5.41, 5.74) is -8.19. The Morgan fingerprint density at radius 3 is 1.10 bits per heavy atom. The average Bonchev–Trinajstić information content (AvgIpc) is 1.36. The maximum absolute atomic E-state index is 12.8. The molecule has 0 bridgehead atoms. The van der Waals surface area contributed by atoms with Crippen LogP contribution in [-0.4, -0.2) is 207 Å². The second-order valence-corrected chi connectivity index (χ2v) is 45.3. The van der Waals surface area contributed by atoms with Crippen molar-refractivity contribution in [2.45, 2.75) is 356 Å². The summed E-state index contributed by atoms with van der Waals surface area (Å²) in [4.78, 5) is 131. The molecule has 4 aliphatic heterocycles. The molecule has 4 heterocycles. The van der Waals surface area contributed by atoms with Crippen molar-refractivity contribution in [1.82, 2.24) is 0 Å². The molecule has 0 amide bonds. The fraction of sp³-hybridized carbons (Fsp3) is 0.810. The molecule has 28 heteroatoms. The average molecular weight is 1790 g/mol. The molecule has 16 fully saturated rings. The molecule has 16 aliphatic carbocycles. The van der Waals surface area contributed by atoms with Gasteiger partial charge in [-0.05, 0) is 317 Å². The van der Waals surface area contributed by atoms with Crippen LogP contribution in [0, 0.1) is 120 Å². The van der Waals surface area contributed by atoms with Gasteiger partial charge in [-0.1, -0.05) is 34.6 Å². The van der Waals surface area contributed by atoms with Crippen molar-refractivity contribution in [3.05, 3.63) is 46.6 Å². The topological polar surface area (TPSA) is 455 Å². The van der Waals surface area contributed by atoms with Crippen molar-refractivity contribution in [2.24, 2.45) is 120 Å². The number of carbonyl (C=O) groups excluding carboxylic acids is 9. The van der Waals surface area contributed by atoms with Crippen molar-refractivity contribution >= 4 is 66.3 Å². The Bertz CT molecular complexity index is 4620. The van der Waals surface area contributed by atoms with Crippen LogP contribution in [0.15, 0.2) is 46.6 Å². The zero-order valence-corrected chi connectivity index (χ0v) is 75.8. The van der Waals surface area contributed by atoms with Gasteiger partial charge in [0.25, 0.3) is 0 Å². The van der Waals surface area contributed by atoms with Crippen molar-refractivity contribution in [3.63, 3.8) is 0 Å². The van der Waals surface area contributed by atoms with E-state index in [-0.39, 0.29) is 182 Å². The van der Waals surface area contributed by atoms with Gasteiger partial charge in [0.1, 0.15) is 57.3 Å². The van der Waals surface area contributed by atoms with Gasteiger partial charge in [-0.15, -0.1) is 0 Å². The SMILES string of the molecule is CC(=O)OC1CCC2(C)C(CC[C@@H]3[C@@H]2CCC2(C)C(C4=CC(=O)OC4)CCC32O)C1.CC(=O)OC1CCC2(C=O)[C@H]3CCC4(C)C(C5=CC(=O)OC5)CCC4(O)[C@@H]3CCC2(O)C1.CC12CC[C@H]3[C@@H](CCC4(O)CC(O)CCC34C(=O)O)C1(O)CCC2C1=CC(=O)OC1.CC12CC[C@H]3[C@@H](CCC4(O)CC(OC(=O)CCC(=O)O)CCC34C=O)C1(O)CCC2C1=CC(=O)OC1. The van der Waals surface area contributed by atoms with E-state index in [9.17, 15) is 98.7 Å². The first-order valence-electron chi connectivity index (χ1n) is 48.5. The van der Waals surface area contributed by atoms with Crippen LogP contribution in [0.1, 0.15) is 292 Å². The Kier molecular flexibility index (Phi) is 23.8. The maximum Gasteiger partial charge on any atom is 0.331 e. The molecule has 16 saturated carbocycles. The van der Waals surface area contributed by atoms with Crippen LogP contribution in [0.3, 0.4) is 0 Å². The molecule has 0 radical (unpaired) electrons. The summed E-state index contributed by atoms with van der Waals surface area (Å²) in [5, 5.41) is 113. The number of aliphatic carboxylic acids is 2. The minimum absolute atomic E-state index is 0.0452. The lowest BCUT2D eigenvalue weighted by Crippen LogP contribution is -2.70. The number of hydrogen-bond acceptors (Lipinski definition) is 26. The smallest absolute Gasteiger partial charge is 0.331 e. The summed E-state index contributed by atoms with van der Waals surface area (Å²) in [6.45, 7) is 15.2. The molecular formula is C100H138O28. The normalized spacial score (nSPS) is 49.4. The zero-order valence-electron chi connectivity index (χ0n) is 75.8. The first-order chi connectivity index (χ1) is 60.3. The fourth-order valence-corrected chi connectivity index (χ4v) is 34.7. The highest BCUT2D eigenvalue weighted by atomic mass is 16.6. The summed E-state index contributed by atoms with van der Waals surface area (Å²) >= 11 is 0. The number of cyclic esters (lactones) is 4. The zero-order chi connectivity index (χ0) is 91.7. The maximum atomic E-state index is 12.8. The standard InChI is InChI=1S/C27H36O9.C25H34O7.C25H36O5.C23H32O7/c1-24-8-5-19-20(27(24,34)11-7-18(24)16-12-23(32)35-14-16)6-10-26(33)13-17(4-9-25(19,26)15-28)36-22(31)3-2-21(29)30;1-15(27)32-17-3-8-23(14-26)19-4-7-22(2)18(16-11-21(28)31-13-16)6-10-25(22,30)20(19)5-9-24(23,29)12-17;1-15(26)30-18-6-9-23(2)17(13-18)4-5-21-20(23)7-10-24(3)19(8-11-25(21,24)28)16-12-22(27)29-14-16;1-20-6-3-16-17(23(20,29)9-5-15(20)13-10-18(25)30-12-13)4-7-21(28)11-14(24)2-8-22(16,21)19(26)27/h12,15,17-20,33-34H,2-11,13-14H2,1H3,(H,29,30);11,14,17-20,29-30H,3-10,12-13H2,1-2H3;12,17-21,28H,4-11,13-14H2,1-3H3;10,14-17,24,28-29H,2-9,11-12H2,1H3,(H,26,27)/t17?,18?,19-,20+,24?,25?,26?,27?;17?,18?,19-,20+,22?,23?,24?,25?;17?,18?,19?,20-,21+,23?,24?,25?;14?,15?,16-,17+,20?,21?,22?,23?/m0000/s1. The van der Waals surface area contributed by atoms with E-state index in [1.807, 2.05) is 0 Å². The first kappa shape index (κ1) is 93.0. The van der Waals surface area contributed by atoms with E-state index in [1.54, 1.807) is 24.3 Å². The Balaban J connectivity index is 0.000000120. The predicted octanol–water partition coefficient (Wildman–Crippen LogP) is 10.7. The highest BCUT2D eigenvalue weighted by Crippen LogP contribution is 2.76. The number of aliphatic hydroxyl groups is 8. The predicted molar refractivity (Wildman–Crippen MR) is 454 cm³/mol. The summed E-state index contributed by atoms with van der Waals surface area (Å²) < 4.78 is 37.2. The molecule has 706 valence electrons. The van der Waals surface area contributed by atoms with Crippen LogP contribution < -0.4 is 0 Å². The third kappa shape index (κ3) is 14.0. The van der Waals surface area contributed by atoms with Gasteiger partial charge in [-0.3, -0.25) is 24.0 Å². The molecular weight excluding hydrogens is 1650 g/mol. The molecule has 0 aromatic carbocycles. The Morgan fingerprint density at radius 2 is 0.727 bits per heavy atom. The second kappa shape index (κ2) is 32.8. The van der Waals surface area contributed by atoms with Gasteiger partial charge in [0.2, 0.25) is 0 Å². The lowest BCUT2D eigenvalue weighted by atomic mass is 9.41. The molecule has 20 rings (SSSR count).